The number of amides is 1. The molecule has 2 aromatic rings. The number of fused-ring (bicyclic) bond motifs is 1. The van der Waals surface area contributed by atoms with Crippen LogP contribution in [0.25, 0.3) is 11.0 Å². The number of carbonyl (C=O) groups is 2. The lowest BCUT2D eigenvalue weighted by molar-refractivity contribution is -0.136. The second kappa shape index (κ2) is 4.91. The van der Waals surface area contributed by atoms with Crippen molar-refractivity contribution in [2.45, 2.75) is 13.3 Å². The van der Waals surface area contributed by atoms with Crippen LogP contribution in [-0.2, 0) is 4.79 Å². The maximum Gasteiger partial charge on any atom is 0.305 e. The highest BCUT2D eigenvalue weighted by Crippen LogP contribution is 2.24. The van der Waals surface area contributed by atoms with E-state index in [0.717, 1.165) is 10.9 Å². The molecule has 0 fully saturated rings. The summed E-state index contributed by atoms with van der Waals surface area (Å²) in [5.41, 5.74) is 1.41. The zero-order valence-corrected chi connectivity index (χ0v) is 9.90. The van der Waals surface area contributed by atoms with Gasteiger partial charge in [-0.1, -0.05) is 18.2 Å². The van der Waals surface area contributed by atoms with Crippen LogP contribution in [0, 0.1) is 6.92 Å². The topological polar surface area (TPSA) is 79.5 Å². The van der Waals surface area contributed by atoms with Crippen LogP contribution in [0.3, 0.4) is 0 Å². The van der Waals surface area contributed by atoms with Gasteiger partial charge in [0, 0.05) is 17.5 Å². The lowest BCUT2D eigenvalue weighted by Gasteiger charge is -2.01. The van der Waals surface area contributed by atoms with Crippen LogP contribution in [-0.4, -0.2) is 23.5 Å². The SMILES string of the molecule is Cc1c(C(=O)NCCC(=O)O)oc2ccccc12. The molecule has 0 saturated carbocycles. The normalized spacial score (nSPS) is 10.5. The number of hydrogen-bond acceptors (Lipinski definition) is 3. The maximum absolute atomic E-state index is 11.8. The van der Waals surface area contributed by atoms with Gasteiger partial charge in [-0.05, 0) is 13.0 Å². The summed E-state index contributed by atoms with van der Waals surface area (Å²) in [5.74, 6) is -1.09. The lowest BCUT2D eigenvalue weighted by atomic mass is 10.1. The number of rotatable bonds is 4. The predicted molar refractivity (Wildman–Crippen MR) is 65.5 cm³/mol. The van der Waals surface area contributed by atoms with E-state index in [9.17, 15) is 9.59 Å². The van der Waals surface area contributed by atoms with E-state index in [2.05, 4.69) is 5.32 Å². The average molecular weight is 247 g/mol. The van der Waals surface area contributed by atoms with Gasteiger partial charge in [-0.2, -0.15) is 0 Å². The Hall–Kier alpha value is -2.30. The van der Waals surface area contributed by atoms with Crippen molar-refractivity contribution in [1.82, 2.24) is 5.32 Å². The molecule has 1 heterocycles. The molecule has 94 valence electrons. The van der Waals surface area contributed by atoms with Gasteiger partial charge >= 0.3 is 5.97 Å². The molecule has 0 bridgehead atoms. The molecule has 0 aliphatic heterocycles. The molecule has 0 radical (unpaired) electrons. The van der Waals surface area contributed by atoms with Crippen LogP contribution in [0.5, 0.6) is 0 Å². The number of carboxylic acids is 1. The summed E-state index contributed by atoms with van der Waals surface area (Å²) in [7, 11) is 0. The lowest BCUT2D eigenvalue weighted by Crippen LogP contribution is -2.26. The van der Waals surface area contributed by atoms with E-state index in [4.69, 9.17) is 9.52 Å². The van der Waals surface area contributed by atoms with Crippen molar-refractivity contribution < 1.29 is 19.1 Å². The van der Waals surface area contributed by atoms with Crippen molar-refractivity contribution in [2.24, 2.45) is 0 Å². The van der Waals surface area contributed by atoms with Crippen LogP contribution in [0.4, 0.5) is 0 Å². The molecule has 0 aliphatic carbocycles. The van der Waals surface area contributed by atoms with Crippen LogP contribution in [0.1, 0.15) is 22.5 Å². The number of carboxylic acid groups (broad SMARTS) is 1. The molecule has 0 unspecified atom stereocenters. The molecule has 2 rings (SSSR count). The maximum atomic E-state index is 11.8. The third-order valence-corrected chi connectivity index (χ3v) is 2.67. The van der Waals surface area contributed by atoms with Gasteiger partial charge in [0.15, 0.2) is 5.76 Å². The van der Waals surface area contributed by atoms with E-state index < -0.39 is 5.97 Å². The first kappa shape index (κ1) is 12.2. The minimum Gasteiger partial charge on any atom is -0.481 e. The van der Waals surface area contributed by atoms with E-state index in [1.807, 2.05) is 18.2 Å². The van der Waals surface area contributed by atoms with Crippen LogP contribution >= 0.6 is 0 Å². The van der Waals surface area contributed by atoms with Gasteiger partial charge in [0.25, 0.3) is 5.91 Å². The van der Waals surface area contributed by atoms with E-state index >= 15 is 0 Å². The molecule has 18 heavy (non-hydrogen) atoms. The highest BCUT2D eigenvalue weighted by molar-refractivity contribution is 5.98. The summed E-state index contributed by atoms with van der Waals surface area (Å²) in [4.78, 5) is 22.2. The highest BCUT2D eigenvalue weighted by Gasteiger charge is 2.16. The predicted octanol–water partition coefficient (Wildman–Crippen LogP) is 1.95. The van der Waals surface area contributed by atoms with Crippen molar-refractivity contribution in [2.75, 3.05) is 6.54 Å². The number of carbonyl (C=O) groups excluding carboxylic acids is 1. The fourth-order valence-electron chi connectivity index (χ4n) is 1.75. The molecule has 0 saturated heterocycles. The van der Waals surface area contributed by atoms with Crippen molar-refractivity contribution in [3.8, 4) is 0 Å². The fourth-order valence-corrected chi connectivity index (χ4v) is 1.75. The second-order valence-corrected chi connectivity index (χ2v) is 3.95. The number of aliphatic carboxylic acids is 1. The first-order chi connectivity index (χ1) is 8.59. The molecule has 0 aliphatic rings. The van der Waals surface area contributed by atoms with Gasteiger partial charge in [-0.3, -0.25) is 9.59 Å². The van der Waals surface area contributed by atoms with Gasteiger partial charge in [0.05, 0.1) is 6.42 Å². The van der Waals surface area contributed by atoms with Crippen molar-refractivity contribution in [3.63, 3.8) is 0 Å². The summed E-state index contributed by atoms with van der Waals surface area (Å²) in [5, 5.41) is 11.9. The minimum absolute atomic E-state index is 0.0879. The number of para-hydroxylation sites is 1. The van der Waals surface area contributed by atoms with Crippen LogP contribution in [0.2, 0.25) is 0 Å². The van der Waals surface area contributed by atoms with Gasteiger partial charge in [-0.25, -0.2) is 0 Å². The molecule has 0 atom stereocenters. The zero-order chi connectivity index (χ0) is 13.1. The molecule has 1 amide bonds. The van der Waals surface area contributed by atoms with Gasteiger partial charge in [0.1, 0.15) is 5.58 Å². The molecular formula is C13H13NO4. The first-order valence-corrected chi connectivity index (χ1v) is 5.57. The minimum atomic E-state index is -0.948. The quantitative estimate of drug-likeness (QED) is 0.865. The van der Waals surface area contributed by atoms with Gasteiger partial charge in [-0.15, -0.1) is 0 Å². The standard InChI is InChI=1S/C13H13NO4/c1-8-9-4-2-3-5-10(9)18-12(8)13(17)14-7-6-11(15)16/h2-5H,6-7H2,1H3,(H,14,17)(H,15,16). The summed E-state index contributed by atoms with van der Waals surface area (Å²) < 4.78 is 5.46. The molecule has 1 aromatic heterocycles. The summed E-state index contributed by atoms with van der Waals surface area (Å²) in [6, 6.07) is 7.37. The summed E-state index contributed by atoms with van der Waals surface area (Å²) in [6.45, 7) is 1.89. The molecule has 0 spiro atoms. The molecule has 2 N–H and O–H groups in total. The number of benzene rings is 1. The van der Waals surface area contributed by atoms with Crippen LogP contribution < -0.4 is 5.32 Å². The Morgan fingerprint density at radius 1 is 1.33 bits per heavy atom. The number of nitrogens with one attached hydrogen (secondary N) is 1. The number of hydrogen-bond donors (Lipinski definition) is 2. The van der Waals surface area contributed by atoms with Gasteiger partial charge < -0.3 is 14.8 Å². The third-order valence-electron chi connectivity index (χ3n) is 2.67. The molecule has 5 heteroatoms. The molecule has 5 nitrogen and oxygen atoms in total. The largest absolute Gasteiger partial charge is 0.481 e. The fraction of sp³-hybridized carbons (Fsp3) is 0.231. The Morgan fingerprint density at radius 2 is 2.06 bits per heavy atom. The Labute approximate surface area is 103 Å². The van der Waals surface area contributed by atoms with Crippen molar-refractivity contribution in [1.29, 1.82) is 0 Å². The Balaban J connectivity index is 2.17. The Bertz CT molecular complexity index is 600. The number of furan rings is 1. The second-order valence-electron chi connectivity index (χ2n) is 3.95. The summed E-state index contributed by atoms with van der Waals surface area (Å²) >= 11 is 0. The van der Waals surface area contributed by atoms with E-state index in [1.54, 1.807) is 13.0 Å². The van der Waals surface area contributed by atoms with Gasteiger partial charge in [0.2, 0.25) is 0 Å². The molecular weight excluding hydrogens is 234 g/mol. The van der Waals surface area contributed by atoms with Crippen LogP contribution in [0.15, 0.2) is 28.7 Å². The van der Waals surface area contributed by atoms with E-state index in [1.165, 1.54) is 0 Å². The highest BCUT2D eigenvalue weighted by atomic mass is 16.4. The van der Waals surface area contributed by atoms with Crippen molar-refractivity contribution in [3.05, 3.63) is 35.6 Å². The average Bonchev–Trinajstić information content (AvgIpc) is 2.67. The Morgan fingerprint density at radius 3 is 2.72 bits per heavy atom. The first-order valence-electron chi connectivity index (χ1n) is 5.57. The monoisotopic (exact) mass is 247 g/mol. The van der Waals surface area contributed by atoms with E-state index in [0.29, 0.717) is 5.58 Å². The third kappa shape index (κ3) is 2.34. The smallest absolute Gasteiger partial charge is 0.305 e. The number of aryl methyl sites for hydroxylation is 1. The van der Waals surface area contributed by atoms with Crippen molar-refractivity contribution >= 4 is 22.8 Å². The Kier molecular flexibility index (Phi) is 3.32. The summed E-state index contributed by atoms with van der Waals surface area (Å²) in [6.07, 6.45) is -0.106. The molecule has 1 aromatic carbocycles. The van der Waals surface area contributed by atoms with E-state index in [-0.39, 0.29) is 24.6 Å². The zero-order valence-electron chi connectivity index (χ0n) is 9.90.